The van der Waals surface area contributed by atoms with Crippen LogP contribution in [0.5, 0.6) is 0 Å². The summed E-state index contributed by atoms with van der Waals surface area (Å²) in [5.74, 6) is -2.12. The topological polar surface area (TPSA) is 119 Å². The van der Waals surface area contributed by atoms with Crippen molar-refractivity contribution in [3.8, 4) is 0 Å². The number of carbonyl (C=O) groups excluding carboxylic acids is 3. The normalized spacial score (nSPS) is 13.3. The minimum Gasteiger partial charge on any atom is -0.481 e. The minimum atomic E-state index is -1.51. The van der Waals surface area contributed by atoms with E-state index in [0.29, 0.717) is 4.90 Å². The lowest BCUT2D eigenvalue weighted by Gasteiger charge is -2.33. The number of rotatable bonds is 5. The number of carbonyl (C=O) groups is 4. The van der Waals surface area contributed by atoms with Crippen molar-refractivity contribution >= 4 is 24.1 Å². The van der Waals surface area contributed by atoms with E-state index in [9.17, 15) is 19.2 Å². The standard InChI is InChI=1S/C19H33NO8/c1-17(2,3)26-14(23)12(10-11-13(21)22)20(15(24)27-18(4,5)6)16(25)28-19(7,8)9/h12H,10-11H2,1-9H3,(H,21,22). The molecule has 0 bridgehead atoms. The molecule has 0 aromatic rings. The summed E-state index contributed by atoms with van der Waals surface area (Å²) in [5.41, 5.74) is -2.82. The molecule has 0 aliphatic rings. The number of hydrogen-bond acceptors (Lipinski definition) is 7. The van der Waals surface area contributed by atoms with Crippen LogP contribution in [0.4, 0.5) is 9.59 Å². The second kappa shape index (κ2) is 9.25. The fourth-order valence-corrected chi connectivity index (χ4v) is 1.93. The van der Waals surface area contributed by atoms with E-state index in [2.05, 4.69) is 0 Å². The van der Waals surface area contributed by atoms with Gasteiger partial charge in [-0.1, -0.05) is 0 Å². The zero-order valence-corrected chi connectivity index (χ0v) is 18.2. The van der Waals surface area contributed by atoms with E-state index in [1.54, 1.807) is 62.3 Å². The number of esters is 1. The number of imide groups is 1. The van der Waals surface area contributed by atoms with Gasteiger partial charge in [0.25, 0.3) is 0 Å². The average molecular weight is 403 g/mol. The van der Waals surface area contributed by atoms with E-state index in [-0.39, 0.29) is 6.42 Å². The molecule has 1 atom stereocenters. The van der Waals surface area contributed by atoms with Gasteiger partial charge in [0.2, 0.25) is 0 Å². The first-order valence-corrected chi connectivity index (χ1v) is 9.02. The van der Waals surface area contributed by atoms with Crippen LogP contribution in [-0.4, -0.2) is 57.0 Å². The maximum atomic E-state index is 12.7. The van der Waals surface area contributed by atoms with Crippen molar-refractivity contribution in [2.75, 3.05) is 0 Å². The number of amides is 2. The van der Waals surface area contributed by atoms with Gasteiger partial charge in [-0.05, 0) is 68.7 Å². The molecule has 162 valence electrons. The van der Waals surface area contributed by atoms with Crippen molar-refractivity contribution in [2.45, 2.75) is 98.0 Å². The molecule has 0 heterocycles. The predicted octanol–water partition coefficient (Wildman–Crippen LogP) is 3.73. The second-order valence-electron chi connectivity index (χ2n) is 9.31. The molecule has 2 amide bonds. The molecule has 0 saturated heterocycles. The lowest BCUT2D eigenvalue weighted by molar-refractivity contribution is -0.161. The number of nitrogens with zero attached hydrogens (tertiary/aromatic N) is 1. The molecule has 0 saturated carbocycles. The molecule has 0 rings (SSSR count). The highest BCUT2D eigenvalue weighted by atomic mass is 16.6. The van der Waals surface area contributed by atoms with E-state index in [0.717, 1.165) is 0 Å². The second-order valence-corrected chi connectivity index (χ2v) is 9.31. The first-order valence-electron chi connectivity index (χ1n) is 9.02. The van der Waals surface area contributed by atoms with E-state index in [1.165, 1.54) is 0 Å². The maximum absolute atomic E-state index is 12.7. The highest BCUT2D eigenvalue weighted by Gasteiger charge is 2.42. The van der Waals surface area contributed by atoms with Crippen LogP contribution in [0, 0.1) is 0 Å². The molecule has 0 radical (unpaired) electrons. The first kappa shape index (κ1) is 25.7. The molecule has 9 nitrogen and oxygen atoms in total. The van der Waals surface area contributed by atoms with Crippen LogP contribution in [0.1, 0.15) is 75.2 Å². The van der Waals surface area contributed by atoms with Crippen molar-refractivity contribution in [1.29, 1.82) is 0 Å². The van der Waals surface area contributed by atoms with Crippen LogP contribution < -0.4 is 0 Å². The van der Waals surface area contributed by atoms with Crippen LogP contribution in [0.15, 0.2) is 0 Å². The van der Waals surface area contributed by atoms with Crippen LogP contribution >= 0.6 is 0 Å². The minimum absolute atomic E-state index is 0.345. The Morgan fingerprint density at radius 2 is 1.11 bits per heavy atom. The van der Waals surface area contributed by atoms with Gasteiger partial charge in [-0.15, -0.1) is 0 Å². The van der Waals surface area contributed by atoms with Gasteiger partial charge >= 0.3 is 24.1 Å². The smallest absolute Gasteiger partial charge is 0.420 e. The van der Waals surface area contributed by atoms with E-state index < -0.39 is 53.4 Å². The van der Waals surface area contributed by atoms with Crippen molar-refractivity contribution in [1.82, 2.24) is 4.90 Å². The quantitative estimate of drug-likeness (QED) is 0.544. The highest BCUT2D eigenvalue weighted by molar-refractivity contribution is 5.94. The first-order chi connectivity index (χ1) is 12.3. The lowest BCUT2D eigenvalue weighted by Crippen LogP contribution is -2.53. The summed E-state index contributed by atoms with van der Waals surface area (Å²) < 4.78 is 15.8. The van der Waals surface area contributed by atoms with Crippen LogP contribution in [0.25, 0.3) is 0 Å². The van der Waals surface area contributed by atoms with Crippen LogP contribution in [0.3, 0.4) is 0 Å². The molecule has 1 unspecified atom stereocenters. The Balaban J connectivity index is 6.02. The molecule has 0 aliphatic carbocycles. The van der Waals surface area contributed by atoms with Gasteiger partial charge in [0.05, 0.1) is 0 Å². The summed E-state index contributed by atoms with van der Waals surface area (Å²) in [5, 5.41) is 9.01. The number of ether oxygens (including phenoxy) is 3. The van der Waals surface area contributed by atoms with Gasteiger partial charge in [-0.3, -0.25) is 4.79 Å². The molecule has 0 aromatic heterocycles. The van der Waals surface area contributed by atoms with Crippen LogP contribution in [0.2, 0.25) is 0 Å². The van der Waals surface area contributed by atoms with Gasteiger partial charge in [0.15, 0.2) is 0 Å². The Hall–Kier alpha value is -2.32. The molecule has 0 aromatic carbocycles. The third kappa shape index (κ3) is 10.7. The SMILES string of the molecule is CC(C)(C)OC(=O)C(CCC(=O)O)N(C(=O)OC(C)(C)C)C(=O)OC(C)(C)C. The zero-order chi connectivity index (χ0) is 22.5. The number of carboxylic acids is 1. The summed E-state index contributed by atoms with van der Waals surface area (Å²) in [4.78, 5) is 49.6. The molecule has 9 heteroatoms. The number of carboxylic acid groups (broad SMARTS) is 1. The average Bonchev–Trinajstić information content (AvgIpc) is 2.36. The summed E-state index contributed by atoms with van der Waals surface area (Å²) in [6.45, 7) is 14.4. The Bertz CT molecular complexity index is 565. The van der Waals surface area contributed by atoms with Gasteiger partial charge < -0.3 is 19.3 Å². The van der Waals surface area contributed by atoms with Crippen molar-refractivity contribution < 1.29 is 38.5 Å². The van der Waals surface area contributed by atoms with E-state index in [4.69, 9.17) is 19.3 Å². The maximum Gasteiger partial charge on any atom is 0.420 e. The number of hydrogen-bond donors (Lipinski definition) is 1. The Labute approximate surface area is 166 Å². The van der Waals surface area contributed by atoms with Gasteiger partial charge in [0.1, 0.15) is 22.8 Å². The zero-order valence-electron chi connectivity index (χ0n) is 18.2. The van der Waals surface area contributed by atoms with Crippen molar-refractivity contribution in [3.63, 3.8) is 0 Å². The molecular formula is C19H33NO8. The van der Waals surface area contributed by atoms with E-state index in [1.807, 2.05) is 0 Å². The summed E-state index contributed by atoms with van der Waals surface area (Å²) >= 11 is 0. The molecule has 0 fully saturated rings. The Morgan fingerprint density at radius 1 is 0.750 bits per heavy atom. The molecule has 28 heavy (non-hydrogen) atoms. The summed E-state index contributed by atoms with van der Waals surface area (Å²) in [6, 6.07) is -1.51. The van der Waals surface area contributed by atoms with Crippen LogP contribution in [-0.2, 0) is 23.8 Å². The molecular weight excluding hydrogens is 370 g/mol. The molecule has 0 aliphatic heterocycles. The molecule has 1 N–H and O–H groups in total. The fourth-order valence-electron chi connectivity index (χ4n) is 1.93. The van der Waals surface area contributed by atoms with Crippen molar-refractivity contribution in [2.24, 2.45) is 0 Å². The monoisotopic (exact) mass is 403 g/mol. The summed E-state index contributed by atoms with van der Waals surface area (Å²) in [6.07, 6.45) is -3.06. The van der Waals surface area contributed by atoms with Gasteiger partial charge in [-0.2, -0.15) is 4.90 Å². The number of aliphatic carboxylic acids is 1. The lowest BCUT2D eigenvalue weighted by atomic mass is 10.1. The third-order valence-corrected chi connectivity index (χ3v) is 2.80. The molecule has 0 spiro atoms. The Morgan fingerprint density at radius 3 is 1.39 bits per heavy atom. The Kier molecular flexibility index (Phi) is 8.48. The third-order valence-electron chi connectivity index (χ3n) is 2.80. The van der Waals surface area contributed by atoms with Gasteiger partial charge in [0, 0.05) is 6.42 Å². The fraction of sp³-hybridized carbons (Fsp3) is 0.789. The van der Waals surface area contributed by atoms with Gasteiger partial charge in [-0.25, -0.2) is 14.4 Å². The van der Waals surface area contributed by atoms with E-state index >= 15 is 0 Å². The largest absolute Gasteiger partial charge is 0.481 e. The summed E-state index contributed by atoms with van der Waals surface area (Å²) in [7, 11) is 0. The highest BCUT2D eigenvalue weighted by Crippen LogP contribution is 2.21. The predicted molar refractivity (Wildman–Crippen MR) is 101 cm³/mol. The van der Waals surface area contributed by atoms with Crippen molar-refractivity contribution in [3.05, 3.63) is 0 Å².